The lowest BCUT2D eigenvalue weighted by atomic mass is 9.76. The summed E-state index contributed by atoms with van der Waals surface area (Å²) in [5, 5.41) is 13.4. The predicted octanol–water partition coefficient (Wildman–Crippen LogP) is 5.93. The molecule has 1 aliphatic heterocycles. The van der Waals surface area contributed by atoms with E-state index in [1.165, 1.54) is 12.1 Å². The normalized spacial score (nSPS) is 23.2. The summed E-state index contributed by atoms with van der Waals surface area (Å²) in [6.07, 6.45) is 4.97. The van der Waals surface area contributed by atoms with E-state index < -0.39 is 15.3 Å². The number of anilines is 1. The Kier molecular flexibility index (Phi) is 7.13. The van der Waals surface area contributed by atoms with Crippen molar-refractivity contribution in [3.8, 4) is 27.1 Å². The first-order valence-electron chi connectivity index (χ1n) is 13.9. The van der Waals surface area contributed by atoms with Crippen molar-refractivity contribution in [1.29, 1.82) is 10.0 Å². The topological polar surface area (TPSA) is 110 Å². The monoisotopic (exact) mass is 577 g/mol. The average Bonchev–Trinajstić information content (AvgIpc) is 3.60. The summed E-state index contributed by atoms with van der Waals surface area (Å²) in [4.78, 5) is 21.7. The van der Waals surface area contributed by atoms with Gasteiger partial charge in [0.1, 0.15) is 16.4 Å². The van der Waals surface area contributed by atoms with Gasteiger partial charge in [0.25, 0.3) is 0 Å². The summed E-state index contributed by atoms with van der Waals surface area (Å²) in [7, 11) is -2.46. The summed E-state index contributed by atoms with van der Waals surface area (Å²) in [5.41, 5.74) is 3.06. The molecule has 3 aliphatic rings. The molecule has 2 saturated carbocycles. The number of halogens is 1. The SMILES string of the molecule is N#CC1(NC(=O)[C@@H]2CCCC[C@H]2c2nc(-c3ccc(F)cc3)sc2-c2ccc(N3CCS(=N)(=O)CC3)cc2)CC1. The molecule has 3 fully saturated rings. The zero-order valence-corrected chi connectivity index (χ0v) is 23.8. The van der Waals surface area contributed by atoms with E-state index in [0.29, 0.717) is 37.4 Å². The van der Waals surface area contributed by atoms with E-state index in [2.05, 4.69) is 40.6 Å². The van der Waals surface area contributed by atoms with Crippen LogP contribution in [0.3, 0.4) is 0 Å². The summed E-state index contributed by atoms with van der Waals surface area (Å²) in [6.45, 7) is 1.20. The Morgan fingerprint density at radius 1 is 1.07 bits per heavy atom. The lowest BCUT2D eigenvalue weighted by Crippen LogP contribution is -2.42. The maximum atomic E-state index is 13.7. The number of hydrogen-bond acceptors (Lipinski definition) is 7. The van der Waals surface area contributed by atoms with E-state index >= 15 is 0 Å². The zero-order chi connectivity index (χ0) is 27.9. The third-order valence-corrected chi connectivity index (χ3v) is 11.3. The van der Waals surface area contributed by atoms with E-state index in [0.717, 1.165) is 58.1 Å². The molecule has 1 amide bonds. The van der Waals surface area contributed by atoms with Gasteiger partial charge in [0.2, 0.25) is 5.91 Å². The molecule has 0 bridgehead atoms. The molecule has 1 saturated heterocycles. The number of carbonyl (C=O) groups excluding carboxylic acids is 1. The second kappa shape index (κ2) is 10.6. The van der Waals surface area contributed by atoms with Crippen LogP contribution in [0.5, 0.6) is 0 Å². The molecule has 2 heterocycles. The van der Waals surface area contributed by atoms with Crippen LogP contribution in [0.2, 0.25) is 0 Å². The van der Waals surface area contributed by atoms with Crippen molar-refractivity contribution in [3.63, 3.8) is 0 Å². The lowest BCUT2D eigenvalue weighted by Gasteiger charge is -2.31. The van der Waals surface area contributed by atoms with Gasteiger partial charge in [-0.05, 0) is 67.6 Å². The van der Waals surface area contributed by atoms with Crippen LogP contribution in [-0.4, -0.2) is 45.2 Å². The molecular formula is C30H32FN5O2S2. The van der Waals surface area contributed by atoms with Gasteiger partial charge >= 0.3 is 0 Å². The Labute approximate surface area is 238 Å². The van der Waals surface area contributed by atoms with Gasteiger partial charge in [0.15, 0.2) is 0 Å². The van der Waals surface area contributed by atoms with Gasteiger partial charge in [-0.15, -0.1) is 11.3 Å². The second-order valence-electron chi connectivity index (χ2n) is 11.2. The van der Waals surface area contributed by atoms with E-state index in [4.69, 9.17) is 9.76 Å². The van der Waals surface area contributed by atoms with Gasteiger partial charge in [-0.25, -0.2) is 13.6 Å². The van der Waals surface area contributed by atoms with Gasteiger partial charge in [0.05, 0.1) is 16.6 Å². The minimum absolute atomic E-state index is 0.0579. The standard InChI is InChI=1S/C30H32FN5O2S2/c31-22-9-5-21(6-10-22)29-34-26(24-3-1-2-4-25(24)28(37)35-30(19-32)13-14-30)27(39-29)20-7-11-23(12-8-20)36-15-17-40(33,38)18-16-36/h5-12,24-25,33H,1-4,13-18H2,(H,35,37)/t24-,25-/m1/s1. The van der Waals surface area contributed by atoms with Crippen LogP contribution in [0.25, 0.3) is 21.0 Å². The molecule has 7 nitrogen and oxygen atoms in total. The Bertz CT molecular complexity index is 1540. The van der Waals surface area contributed by atoms with Crippen LogP contribution in [-0.2, 0) is 14.5 Å². The second-order valence-corrected chi connectivity index (χ2v) is 14.6. The molecule has 2 N–H and O–H groups in total. The van der Waals surface area contributed by atoms with Crippen molar-refractivity contribution in [2.24, 2.45) is 5.92 Å². The number of amides is 1. The molecule has 0 unspecified atom stereocenters. The largest absolute Gasteiger partial charge is 0.370 e. The molecule has 6 rings (SSSR count). The maximum absolute atomic E-state index is 13.7. The number of carbonyl (C=O) groups is 1. The highest BCUT2D eigenvalue weighted by Gasteiger charge is 2.47. The van der Waals surface area contributed by atoms with Crippen molar-refractivity contribution >= 4 is 32.7 Å². The Morgan fingerprint density at radius 2 is 1.73 bits per heavy atom. The molecule has 2 atom stereocenters. The van der Waals surface area contributed by atoms with E-state index in [-0.39, 0.29) is 23.6 Å². The predicted molar refractivity (Wildman–Crippen MR) is 156 cm³/mol. The molecule has 10 heteroatoms. The molecule has 208 valence electrons. The number of nitriles is 1. The summed E-state index contributed by atoms with van der Waals surface area (Å²) < 4.78 is 33.6. The molecule has 1 aromatic heterocycles. The molecule has 3 aromatic rings. The quantitative estimate of drug-likeness (QED) is 0.377. The zero-order valence-electron chi connectivity index (χ0n) is 22.2. The molecule has 0 radical (unpaired) electrons. The van der Waals surface area contributed by atoms with Crippen LogP contribution < -0.4 is 10.2 Å². The van der Waals surface area contributed by atoms with E-state index in [1.54, 1.807) is 23.5 Å². The molecule has 2 aromatic carbocycles. The average molecular weight is 578 g/mol. The fourth-order valence-corrected chi connectivity index (χ4v) is 8.19. The van der Waals surface area contributed by atoms with Crippen LogP contribution >= 0.6 is 11.3 Å². The van der Waals surface area contributed by atoms with Crippen molar-refractivity contribution in [2.75, 3.05) is 29.5 Å². The van der Waals surface area contributed by atoms with E-state index in [9.17, 15) is 18.7 Å². The first kappa shape index (κ1) is 26.9. The highest BCUT2D eigenvalue weighted by molar-refractivity contribution is 7.92. The van der Waals surface area contributed by atoms with Crippen molar-refractivity contribution < 1.29 is 13.4 Å². The fourth-order valence-electron chi connectivity index (χ4n) is 5.81. The first-order chi connectivity index (χ1) is 19.3. The number of thiazole rings is 1. The Hall–Kier alpha value is -3.29. The van der Waals surface area contributed by atoms with Gasteiger partial charge in [-0.1, -0.05) is 25.0 Å². The van der Waals surface area contributed by atoms with E-state index in [1.807, 2.05) is 0 Å². The summed E-state index contributed by atoms with van der Waals surface area (Å²) in [5.74, 6) is 0.0766. The number of hydrogen-bond donors (Lipinski definition) is 2. The Balaban J connectivity index is 1.35. The maximum Gasteiger partial charge on any atom is 0.225 e. The van der Waals surface area contributed by atoms with Gasteiger partial charge in [-0.2, -0.15) is 5.26 Å². The number of benzene rings is 2. The number of nitrogens with zero attached hydrogens (tertiary/aromatic N) is 3. The summed E-state index contributed by atoms with van der Waals surface area (Å²) >= 11 is 1.56. The third-order valence-electron chi connectivity index (χ3n) is 8.40. The number of rotatable bonds is 6. The van der Waals surface area contributed by atoms with Crippen LogP contribution in [0, 0.1) is 27.8 Å². The number of aromatic nitrogens is 1. The van der Waals surface area contributed by atoms with Gasteiger partial charge in [-0.3, -0.25) is 9.57 Å². The third kappa shape index (κ3) is 5.50. The Morgan fingerprint density at radius 3 is 2.38 bits per heavy atom. The smallest absolute Gasteiger partial charge is 0.225 e. The van der Waals surface area contributed by atoms with Gasteiger partial charge in [0, 0.05) is 57.4 Å². The molecule has 2 aliphatic carbocycles. The van der Waals surface area contributed by atoms with Gasteiger partial charge < -0.3 is 10.2 Å². The highest BCUT2D eigenvalue weighted by atomic mass is 32.2. The molecular weight excluding hydrogens is 545 g/mol. The van der Waals surface area contributed by atoms with Crippen LogP contribution in [0.4, 0.5) is 10.1 Å². The molecule has 0 spiro atoms. The van der Waals surface area contributed by atoms with Crippen molar-refractivity contribution in [3.05, 3.63) is 60.0 Å². The minimum atomic E-state index is -2.46. The number of nitrogens with one attached hydrogen (secondary N) is 2. The van der Waals surface area contributed by atoms with Crippen molar-refractivity contribution in [2.45, 2.75) is 50.0 Å². The lowest BCUT2D eigenvalue weighted by molar-refractivity contribution is -0.127. The highest BCUT2D eigenvalue weighted by Crippen LogP contribution is 2.46. The van der Waals surface area contributed by atoms with Crippen molar-refractivity contribution in [1.82, 2.24) is 10.3 Å². The summed E-state index contributed by atoms with van der Waals surface area (Å²) in [6, 6.07) is 16.9. The minimum Gasteiger partial charge on any atom is -0.370 e. The fraction of sp³-hybridized carbons (Fsp3) is 0.433. The molecule has 40 heavy (non-hydrogen) atoms. The first-order valence-corrected chi connectivity index (χ1v) is 16.6. The van der Waals surface area contributed by atoms with Crippen LogP contribution in [0.15, 0.2) is 48.5 Å². The van der Waals surface area contributed by atoms with Crippen LogP contribution in [0.1, 0.15) is 50.1 Å².